The standard InChI is InChI=1S/C22H24ClN3O3/c1-15-22(28)26(19-6-2-3-7-20(19)29-15)13-10-21(27)24-17-14-16(23)8-9-18(17)25-11-4-5-12-25/h2-3,6-9,14-15H,4-5,10-13H2,1H3,(H,24,27). The van der Waals surface area contributed by atoms with E-state index in [0.29, 0.717) is 22.1 Å². The molecular formula is C22H24ClN3O3. The maximum absolute atomic E-state index is 12.7. The van der Waals surface area contributed by atoms with Crippen LogP contribution in [-0.2, 0) is 9.59 Å². The molecule has 0 aromatic heterocycles. The third kappa shape index (κ3) is 4.17. The molecule has 2 aromatic rings. The lowest BCUT2D eigenvalue weighted by Crippen LogP contribution is -2.45. The number of rotatable bonds is 5. The highest BCUT2D eigenvalue weighted by molar-refractivity contribution is 6.31. The summed E-state index contributed by atoms with van der Waals surface area (Å²) in [5, 5.41) is 3.56. The van der Waals surface area contributed by atoms with Gasteiger partial charge in [0.05, 0.1) is 17.1 Å². The minimum atomic E-state index is -0.567. The Labute approximate surface area is 175 Å². The molecule has 0 aliphatic carbocycles. The number of benzene rings is 2. The Kier molecular flexibility index (Phi) is 5.62. The summed E-state index contributed by atoms with van der Waals surface area (Å²) < 4.78 is 5.65. The molecule has 1 atom stereocenters. The number of nitrogens with zero attached hydrogens (tertiary/aromatic N) is 2. The minimum Gasteiger partial charge on any atom is -0.479 e. The van der Waals surface area contributed by atoms with Crippen LogP contribution in [0.3, 0.4) is 0 Å². The fraction of sp³-hybridized carbons (Fsp3) is 0.364. The molecule has 2 aromatic carbocycles. The normalized spacial score (nSPS) is 18.4. The van der Waals surface area contributed by atoms with Crippen molar-refractivity contribution < 1.29 is 14.3 Å². The number of para-hydroxylation sites is 2. The van der Waals surface area contributed by atoms with Crippen molar-refractivity contribution in [2.45, 2.75) is 32.3 Å². The van der Waals surface area contributed by atoms with Crippen LogP contribution in [0, 0.1) is 0 Å². The highest BCUT2D eigenvalue weighted by Gasteiger charge is 2.31. The van der Waals surface area contributed by atoms with Crippen LogP contribution in [0.5, 0.6) is 5.75 Å². The molecule has 7 heteroatoms. The van der Waals surface area contributed by atoms with Gasteiger partial charge in [0, 0.05) is 31.1 Å². The molecule has 4 rings (SSSR count). The summed E-state index contributed by atoms with van der Waals surface area (Å²) in [6.07, 6.45) is 1.90. The van der Waals surface area contributed by atoms with Gasteiger partial charge in [-0.3, -0.25) is 9.59 Å². The number of halogens is 1. The van der Waals surface area contributed by atoms with E-state index in [1.165, 1.54) is 0 Å². The number of amides is 2. The average molecular weight is 414 g/mol. The Morgan fingerprint density at radius 2 is 1.93 bits per heavy atom. The lowest BCUT2D eigenvalue weighted by molar-refractivity contribution is -0.125. The van der Waals surface area contributed by atoms with E-state index in [4.69, 9.17) is 16.3 Å². The molecule has 1 N–H and O–H groups in total. The molecule has 1 fully saturated rings. The van der Waals surface area contributed by atoms with Crippen molar-refractivity contribution in [1.82, 2.24) is 0 Å². The molecule has 1 saturated heterocycles. The van der Waals surface area contributed by atoms with Crippen LogP contribution in [0.1, 0.15) is 26.2 Å². The van der Waals surface area contributed by atoms with Gasteiger partial charge >= 0.3 is 0 Å². The Morgan fingerprint density at radius 1 is 1.17 bits per heavy atom. The van der Waals surface area contributed by atoms with Crippen LogP contribution in [0.4, 0.5) is 17.1 Å². The van der Waals surface area contributed by atoms with Gasteiger partial charge in [-0.15, -0.1) is 0 Å². The first-order chi connectivity index (χ1) is 14.0. The third-order valence-corrected chi connectivity index (χ3v) is 5.55. The molecule has 0 spiro atoms. The van der Waals surface area contributed by atoms with Crippen molar-refractivity contribution >= 4 is 40.5 Å². The van der Waals surface area contributed by atoms with Gasteiger partial charge in [0.1, 0.15) is 5.75 Å². The van der Waals surface area contributed by atoms with Crippen LogP contribution in [0.15, 0.2) is 42.5 Å². The van der Waals surface area contributed by atoms with Crippen molar-refractivity contribution in [2.75, 3.05) is 34.8 Å². The summed E-state index contributed by atoms with van der Waals surface area (Å²) in [4.78, 5) is 29.2. The van der Waals surface area contributed by atoms with Gasteiger partial charge in [-0.25, -0.2) is 0 Å². The van der Waals surface area contributed by atoms with Gasteiger partial charge in [0.2, 0.25) is 5.91 Å². The summed E-state index contributed by atoms with van der Waals surface area (Å²) in [5.74, 6) is 0.361. The average Bonchev–Trinajstić information content (AvgIpc) is 3.23. The van der Waals surface area contributed by atoms with E-state index in [0.717, 1.165) is 31.6 Å². The van der Waals surface area contributed by atoms with Crippen LogP contribution in [0.25, 0.3) is 0 Å². The summed E-state index contributed by atoms with van der Waals surface area (Å²) in [6, 6.07) is 13.0. The molecule has 2 amide bonds. The topological polar surface area (TPSA) is 61.9 Å². The summed E-state index contributed by atoms with van der Waals surface area (Å²) >= 11 is 6.16. The smallest absolute Gasteiger partial charge is 0.267 e. The Morgan fingerprint density at radius 3 is 2.72 bits per heavy atom. The van der Waals surface area contributed by atoms with Crippen LogP contribution < -0.4 is 19.9 Å². The predicted molar refractivity (Wildman–Crippen MR) is 115 cm³/mol. The number of anilines is 3. The van der Waals surface area contributed by atoms with Crippen molar-refractivity contribution in [2.24, 2.45) is 0 Å². The Balaban J connectivity index is 1.46. The van der Waals surface area contributed by atoms with Crippen molar-refractivity contribution in [1.29, 1.82) is 0 Å². The summed E-state index contributed by atoms with van der Waals surface area (Å²) in [5.41, 5.74) is 2.40. The van der Waals surface area contributed by atoms with Crippen molar-refractivity contribution in [3.8, 4) is 5.75 Å². The van der Waals surface area contributed by atoms with Crippen LogP contribution in [-0.4, -0.2) is 37.6 Å². The maximum Gasteiger partial charge on any atom is 0.267 e. The maximum atomic E-state index is 12.7. The third-order valence-electron chi connectivity index (χ3n) is 5.32. The van der Waals surface area contributed by atoms with Crippen molar-refractivity contribution in [3.05, 3.63) is 47.5 Å². The number of nitrogens with one attached hydrogen (secondary N) is 1. The molecule has 29 heavy (non-hydrogen) atoms. The Hall–Kier alpha value is -2.73. The second kappa shape index (κ2) is 8.33. The molecule has 2 aliphatic heterocycles. The van der Waals surface area contributed by atoms with E-state index in [1.54, 1.807) is 17.9 Å². The molecule has 6 nitrogen and oxygen atoms in total. The van der Waals surface area contributed by atoms with E-state index < -0.39 is 6.10 Å². The molecule has 0 bridgehead atoms. The molecule has 2 aliphatic rings. The second-order valence-corrected chi connectivity index (χ2v) is 7.81. The van der Waals surface area contributed by atoms with Gasteiger partial charge in [-0.2, -0.15) is 0 Å². The highest BCUT2D eigenvalue weighted by Crippen LogP contribution is 2.34. The number of carbonyl (C=O) groups excluding carboxylic acids is 2. The van der Waals surface area contributed by atoms with E-state index in [2.05, 4.69) is 10.2 Å². The van der Waals surface area contributed by atoms with Gasteiger partial charge in [-0.05, 0) is 50.1 Å². The first-order valence-electron chi connectivity index (χ1n) is 9.94. The molecule has 0 saturated carbocycles. The van der Waals surface area contributed by atoms with Gasteiger partial charge in [0.15, 0.2) is 6.10 Å². The lowest BCUT2D eigenvalue weighted by Gasteiger charge is -2.32. The van der Waals surface area contributed by atoms with E-state index in [-0.39, 0.29) is 24.8 Å². The monoisotopic (exact) mass is 413 g/mol. The fourth-order valence-electron chi connectivity index (χ4n) is 3.86. The zero-order valence-corrected chi connectivity index (χ0v) is 17.1. The molecule has 0 radical (unpaired) electrons. The lowest BCUT2D eigenvalue weighted by atomic mass is 10.1. The predicted octanol–water partition coefficient (Wildman–Crippen LogP) is 4.08. The zero-order valence-electron chi connectivity index (χ0n) is 16.4. The minimum absolute atomic E-state index is 0.142. The fourth-order valence-corrected chi connectivity index (χ4v) is 4.03. The molecule has 152 valence electrons. The van der Waals surface area contributed by atoms with Crippen LogP contribution >= 0.6 is 11.6 Å². The largest absolute Gasteiger partial charge is 0.479 e. The summed E-state index contributed by atoms with van der Waals surface area (Å²) in [7, 11) is 0. The van der Waals surface area contributed by atoms with Crippen molar-refractivity contribution in [3.63, 3.8) is 0 Å². The van der Waals surface area contributed by atoms with Gasteiger partial charge in [0.25, 0.3) is 5.91 Å². The van der Waals surface area contributed by atoms with E-state index in [1.807, 2.05) is 36.4 Å². The van der Waals surface area contributed by atoms with Crippen LogP contribution in [0.2, 0.25) is 5.02 Å². The number of ether oxygens (including phenoxy) is 1. The molecule has 2 heterocycles. The summed E-state index contributed by atoms with van der Waals surface area (Å²) in [6.45, 7) is 3.96. The van der Waals surface area contributed by atoms with E-state index in [9.17, 15) is 9.59 Å². The highest BCUT2D eigenvalue weighted by atomic mass is 35.5. The number of carbonyl (C=O) groups is 2. The second-order valence-electron chi connectivity index (χ2n) is 7.37. The number of hydrogen-bond donors (Lipinski definition) is 1. The quantitative estimate of drug-likeness (QED) is 0.802. The van der Waals surface area contributed by atoms with Gasteiger partial charge in [-0.1, -0.05) is 23.7 Å². The zero-order chi connectivity index (χ0) is 20.4. The first kappa shape index (κ1) is 19.6. The molecule has 1 unspecified atom stereocenters. The van der Waals surface area contributed by atoms with E-state index >= 15 is 0 Å². The Bertz CT molecular complexity index is 927. The molecular weight excluding hydrogens is 390 g/mol. The first-order valence-corrected chi connectivity index (χ1v) is 10.3. The van der Waals surface area contributed by atoms with Gasteiger partial charge < -0.3 is 19.9 Å². The number of fused-ring (bicyclic) bond motifs is 1. The number of hydrogen-bond acceptors (Lipinski definition) is 4. The SMILES string of the molecule is CC1Oc2ccccc2N(CCC(=O)Nc2cc(Cl)ccc2N2CCCC2)C1=O.